The van der Waals surface area contributed by atoms with Gasteiger partial charge in [-0.2, -0.15) is 0 Å². The van der Waals surface area contributed by atoms with E-state index in [4.69, 9.17) is 0 Å². The van der Waals surface area contributed by atoms with E-state index in [1.54, 1.807) is 0 Å². The molecule has 29 heavy (non-hydrogen) atoms. The smallest absolute Gasteiger partial charge is 0.237 e. The van der Waals surface area contributed by atoms with Crippen LogP contribution in [0.2, 0.25) is 0 Å². The van der Waals surface area contributed by atoms with Gasteiger partial charge in [0.1, 0.15) is 5.82 Å². The Morgan fingerprint density at radius 2 is 1.86 bits per heavy atom. The molecule has 0 aliphatic heterocycles. The highest BCUT2D eigenvalue weighted by Crippen LogP contribution is 2.33. The van der Waals surface area contributed by atoms with Gasteiger partial charge in [0.2, 0.25) is 5.91 Å². The van der Waals surface area contributed by atoms with Gasteiger partial charge in [-0.05, 0) is 38.1 Å². The van der Waals surface area contributed by atoms with E-state index in [1.165, 1.54) is 43.9 Å². The predicted octanol–water partition coefficient (Wildman–Crippen LogP) is 5.39. The number of carbonyl (C=O) groups is 1. The molecule has 0 saturated heterocycles. The fraction of sp³-hybridized carbons (Fsp3) is 0.435. The van der Waals surface area contributed by atoms with Crippen molar-refractivity contribution in [3.05, 3.63) is 48.3 Å². The largest absolute Gasteiger partial charge is 0.311 e. The van der Waals surface area contributed by atoms with E-state index in [2.05, 4.69) is 33.0 Å². The van der Waals surface area contributed by atoms with Crippen LogP contribution >= 0.6 is 11.8 Å². The van der Waals surface area contributed by atoms with Crippen LogP contribution in [0.3, 0.4) is 0 Å². The lowest BCUT2D eigenvalue weighted by molar-refractivity contribution is -0.116. The van der Waals surface area contributed by atoms with E-state index >= 15 is 0 Å². The molecular weight excluding hydrogens is 380 g/mol. The molecule has 5 nitrogen and oxygen atoms in total. The Balaban J connectivity index is 1.52. The number of benzene rings is 2. The normalized spacial score (nSPS) is 15.0. The SMILES string of the molecule is CCN(C(=O)CSc1nnc(C)n1C1CCCCC1)c1cccc2ccccc12. The summed E-state index contributed by atoms with van der Waals surface area (Å²) in [4.78, 5) is 15.0. The topological polar surface area (TPSA) is 51.0 Å². The quantitative estimate of drug-likeness (QED) is 0.513. The Hall–Kier alpha value is -2.34. The molecule has 2 aromatic carbocycles. The summed E-state index contributed by atoms with van der Waals surface area (Å²) in [7, 11) is 0. The van der Waals surface area contributed by atoms with Crippen molar-refractivity contribution in [1.82, 2.24) is 14.8 Å². The van der Waals surface area contributed by atoms with Gasteiger partial charge in [-0.1, -0.05) is 67.4 Å². The number of hydrogen-bond acceptors (Lipinski definition) is 4. The molecule has 0 unspecified atom stereocenters. The van der Waals surface area contributed by atoms with Crippen LogP contribution in [0.25, 0.3) is 10.8 Å². The molecule has 6 heteroatoms. The van der Waals surface area contributed by atoms with E-state index in [-0.39, 0.29) is 5.91 Å². The van der Waals surface area contributed by atoms with Crippen molar-refractivity contribution < 1.29 is 4.79 Å². The van der Waals surface area contributed by atoms with Gasteiger partial charge in [0.25, 0.3) is 0 Å². The second-order valence-corrected chi connectivity index (χ2v) is 8.56. The molecule has 1 aliphatic carbocycles. The zero-order valence-electron chi connectivity index (χ0n) is 17.2. The third-order valence-electron chi connectivity index (χ3n) is 5.77. The Bertz CT molecular complexity index is 988. The van der Waals surface area contributed by atoms with Crippen molar-refractivity contribution in [2.24, 2.45) is 0 Å². The van der Waals surface area contributed by atoms with Gasteiger partial charge in [0.05, 0.1) is 11.4 Å². The van der Waals surface area contributed by atoms with Gasteiger partial charge in [-0.15, -0.1) is 10.2 Å². The van der Waals surface area contributed by atoms with Gasteiger partial charge in [-0.25, -0.2) is 0 Å². The molecule has 1 fully saturated rings. The number of thioether (sulfide) groups is 1. The fourth-order valence-corrected chi connectivity index (χ4v) is 5.26. The average Bonchev–Trinajstić information content (AvgIpc) is 3.14. The lowest BCUT2D eigenvalue weighted by Crippen LogP contribution is -2.32. The number of aromatic nitrogens is 3. The molecule has 0 radical (unpaired) electrons. The standard InChI is InChI=1S/C23H28N4OS/c1-3-26(21-15-9-11-18-10-7-8-14-20(18)21)22(28)16-29-23-25-24-17(2)27(23)19-12-5-4-6-13-19/h7-11,14-15,19H,3-6,12-13,16H2,1-2H3. The molecular formula is C23H28N4OS. The summed E-state index contributed by atoms with van der Waals surface area (Å²) in [6.07, 6.45) is 6.19. The first-order valence-electron chi connectivity index (χ1n) is 10.5. The maximum atomic E-state index is 13.1. The van der Waals surface area contributed by atoms with Crippen LogP contribution in [-0.4, -0.2) is 33.0 Å². The van der Waals surface area contributed by atoms with Crippen molar-refractivity contribution in [2.45, 2.75) is 57.1 Å². The van der Waals surface area contributed by atoms with Crippen LogP contribution in [0.5, 0.6) is 0 Å². The Morgan fingerprint density at radius 1 is 1.10 bits per heavy atom. The second kappa shape index (κ2) is 8.99. The monoisotopic (exact) mass is 408 g/mol. The van der Waals surface area contributed by atoms with E-state index in [0.717, 1.165) is 27.4 Å². The van der Waals surface area contributed by atoms with E-state index < -0.39 is 0 Å². The lowest BCUT2D eigenvalue weighted by Gasteiger charge is -2.25. The van der Waals surface area contributed by atoms with Crippen molar-refractivity contribution in [1.29, 1.82) is 0 Å². The molecule has 152 valence electrons. The summed E-state index contributed by atoms with van der Waals surface area (Å²) in [5.74, 6) is 1.42. The van der Waals surface area contributed by atoms with Crippen molar-refractivity contribution >= 4 is 34.1 Å². The Morgan fingerprint density at radius 3 is 2.66 bits per heavy atom. The molecule has 0 atom stereocenters. The van der Waals surface area contributed by atoms with Crippen LogP contribution < -0.4 is 4.90 Å². The first kappa shape index (κ1) is 20.0. The fourth-order valence-electron chi connectivity index (χ4n) is 4.34. The molecule has 1 aromatic heterocycles. The summed E-state index contributed by atoms with van der Waals surface area (Å²) in [5.41, 5.74) is 0.973. The predicted molar refractivity (Wildman–Crippen MR) is 120 cm³/mol. The molecule has 0 N–H and O–H groups in total. The third kappa shape index (κ3) is 4.17. The Kier molecular flexibility index (Phi) is 6.19. The molecule has 1 heterocycles. The van der Waals surface area contributed by atoms with Crippen LogP contribution in [0.15, 0.2) is 47.6 Å². The summed E-state index contributed by atoms with van der Waals surface area (Å²) in [6.45, 7) is 4.68. The van der Waals surface area contributed by atoms with Crippen molar-refractivity contribution in [3.8, 4) is 0 Å². The number of amides is 1. The third-order valence-corrected chi connectivity index (χ3v) is 6.70. The van der Waals surface area contributed by atoms with E-state index in [1.807, 2.05) is 43.0 Å². The number of nitrogens with zero attached hydrogens (tertiary/aromatic N) is 4. The minimum atomic E-state index is 0.102. The molecule has 3 aromatic rings. The van der Waals surface area contributed by atoms with Crippen LogP contribution in [0.4, 0.5) is 5.69 Å². The summed E-state index contributed by atoms with van der Waals surface area (Å²) >= 11 is 1.51. The first-order valence-corrected chi connectivity index (χ1v) is 11.5. The summed E-state index contributed by atoms with van der Waals surface area (Å²) < 4.78 is 2.26. The number of aryl methyl sites for hydroxylation is 1. The number of anilines is 1. The number of hydrogen-bond donors (Lipinski definition) is 0. The van der Waals surface area contributed by atoms with Crippen LogP contribution in [0.1, 0.15) is 50.9 Å². The molecule has 1 saturated carbocycles. The lowest BCUT2D eigenvalue weighted by atomic mass is 9.95. The maximum Gasteiger partial charge on any atom is 0.237 e. The second-order valence-electron chi connectivity index (χ2n) is 7.62. The van der Waals surface area contributed by atoms with Crippen molar-refractivity contribution in [3.63, 3.8) is 0 Å². The molecule has 0 spiro atoms. The Labute approximate surface area is 176 Å². The van der Waals surface area contributed by atoms with Gasteiger partial charge < -0.3 is 9.47 Å². The van der Waals surface area contributed by atoms with Gasteiger partial charge >= 0.3 is 0 Å². The zero-order chi connectivity index (χ0) is 20.2. The molecule has 1 amide bonds. The highest BCUT2D eigenvalue weighted by atomic mass is 32.2. The summed E-state index contributed by atoms with van der Waals surface area (Å²) in [5, 5.41) is 11.8. The minimum Gasteiger partial charge on any atom is -0.311 e. The highest BCUT2D eigenvalue weighted by molar-refractivity contribution is 7.99. The number of rotatable bonds is 6. The van der Waals surface area contributed by atoms with Crippen LogP contribution in [0, 0.1) is 6.92 Å². The summed E-state index contributed by atoms with van der Waals surface area (Å²) in [6, 6.07) is 14.8. The molecule has 1 aliphatic rings. The average molecular weight is 409 g/mol. The van der Waals surface area contributed by atoms with Crippen molar-refractivity contribution in [2.75, 3.05) is 17.2 Å². The molecule has 0 bridgehead atoms. The number of carbonyl (C=O) groups excluding carboxylic acids is 1. The van der Waals surface area contributed by atoms with E-state index in [0.29, 0.717) is 18.3 Å². The highest BCUT2D eigenvalue weighted by Gasteiger charge is 2.23. The van der Waals surface area contributed by atoms with Gasteiger partial charge in [-0.3, -0.25) is 4.79 Å². The van der Waals surface area contributed by atoms with E-state index in [9.17, 15) is 4.79 Å². The maximum absolute atomic E-state index is 13.1. The van der Waals surface area contributed by atoms with Gasteiger partial charge in [0.15, 0.2) is 5.16 Å². The van der Waals surface area contributed by atoms with Crippen LogP contribution in [-0.2, 0) is 4.79 Å². The zero-order valence-corrected chi connectivity index (χ0v) is 18.0. The molecule has 4 rings (SSSR count). The van der Waals surface area contributed by atoms with Gasteiger partial charge in [0, 0.05) is 18.0 Å². The minimum absolute atomic E-state index is 0.102. The first-order chi connectivity index (χ1) is 14.2. The number of fused-ring (bicyclic) bond motifs is 1.